The first-order valence-electron chi connectivity index (χ1n) is 13.5. The second-order valence-electron chi connectivity index (χ2n) is 10.2. The number of hydrogen-bond acceptors (Lipinski definition) is 6. The molecule has 0 spiro atoms. The summed E-state index contributed by atoms with van der Waals surface area (Å²) in [4.78, 5) is 14.9. The monoisotopic (exact) mass is 602 g/mol. The molecule has 1 saturated heterocycles. The van der Waals surface area contributed by atoms with Crippen LogP contribution in [0.2, 0.25) is 0 Å². The van der Waals surface area contributed by atoms with Gasteiger partial charge >= 0.3 is 246 Å². The van der Waals surface area contributed by atoms with Gasteiger partial charge in [-0.2, -0.15) is 0 Å². The Hall–Kier alpha value is -4.08. The third-order valence-corrected chi connectivity index (χ3v) is 15.0. The predicted molar refractivity (Wildman–Crippen MR) is 165 cm³/mol. The van der Waals surface area contributed by atoms with E-state index < -0.39 is 29.3 Å². The Bertz CT molecular complexity index is 1680. The first-order chi connectivity index (χ1) is 20.3. The molecular formula is C31H31N4O5PS. The first-order valence-corrected chi connectivity index (χ1v) is 17.1. The topological polar surface area (TPSA) is 94.0 Å². The van der Waals surface area contributed by atoms with Crippen LogP contribution in [0, 0.1) is 0 Å². The molecule has 0 aliphatic carbocycles. The van der Waals surface area contributed by atoms with Gasteiger partial charge in [-0.3, -0.25) is 0 Å². The van der Waals surface area contributed by atoms with E-state index in [9.17, 15) is 13.2 Å². The van der Waals surface area contributed by atoms with E-state index in [1.807, 2.05) is 122 Å². The normalized spacial score (nSPS) is 18.2. The maximum absolute atomic E-state index is 14.3. The van der Waals surface area contributed by atoms with Crippen LogP contribution >= 0.6 is 6.83 Å². The minimum absolute atomic E-state index is 0.278. The number of amides is 2. The van der Waals surface area contributed by atoms with Crippen LogP contribution in [0.1, 0.15) is 12.6 Å². The number of hydrogen-bond donors (Lipinski definition) is 0. The average molecular weight is 603 g/mol. The molecule has 1 fully saturated rings. The van der Waals surface area contributed by atoms with Crippen molar-refractivity contribution in [2.45, 2.75) is 13.0 Å². The van der Waals surface area contributed by atoms with Crippen molar-refractivity contribution in [3.05, 3.63) is 127 Å². The number of nitrogens with zero attached hydrogens (tertiary/aromatic N) is 4. The zero-order valence-corrected chi connectivity index (χ0v) is 24.9. The molecule has 3 heterocycles. The fourth-order valence-corrected chi connectivity index (χ4v) is 13.5. The van der Waals surface area contributed by atoms with Gasteiger partial charge in [0.15, 0.2) is 0 Å². The van der Waals surface area contributed by atoms with Crippen molar-refractivity contribution in [3.8, 4) is 0 Å². The van der Waals surface area contributed by atoms with E-state index in [2.05, 4.69) is 5.10 Å². The SMILES string of the molecule is CC=CP(OS(=O)(=O)ON1C(=O)N2CC=C(c3ccnn3C)C1C2)(c1ccccc1)(c1ccccc1)c1ccccc1. The molecular weight excluding hydrogens is 571 g/mol. The molecule has 1 unspecified atom stereocenters. The van der Waals surface area contributed by atoms with Crippen molar-refractivity contribution in [1.82, 2.24) is 19.7 Å². The molecule has 2 bridgehead atoms. The van der Waals surface area contributed by atoms with Gasteiger partial charge in [-0.25, -0.2) is 0 Å². The van der Waals surface area contributed by atoms with Crippen LogP contribution in [-0.4, -0.2) is 53.3 Å². The van der Waals surface area contributed by atoms with Gasteiger partial charge in [0, 0.05) is 0 Å². The van der Waals surface area contributed by atoms with E-state index in [0.717, 1.165) is 16.3 Å². The molecule has 216 valence electrons. The molecule has 1 atom stereocenters. The van der Waals surface area contributed by atoms with Crippen molar-refractivity contribution in [2.75, 3.05) is 13.1 Å². The van der Waals surface area contributed by atoms with E-state index in [4.69, 9.17) is 8.25 Å². The average Bonchev–Trinajstić information content (AvgIpc) is 3.54. The summed E-state index contributed by atoms with van der Waals surface area (Å²) in [6.07, 6.45) is 5.37. The summed E-state index contributed by atoms with van der Waals surface area (Å²) < 4.78 is 42.6. The van der Waals surface area contributed by atoms with Crippen molar-refractivity contribution in [2.24, 2.45) is 7.05 Å². The standard InChI is InChI=1S/C31H31N4O5PS/c1-3-23-41(25-13-7-4-8-14-25,26-15-9-5-10-16-26,27-17-11-6-12-18-27)40-42(37,38)39-35-30-24-34(31(35)36)22-20-28(30)29-19-21-32-33(29)2/h3-21,23,30H,22,24H2,1-2H3. The van der Waals surface area contributed by atoms with Crippen LogP contribution in [-0.2, 0) is 25.7 Å². The molecule has 3 aromatic carbocycles. The van der Waals surface area contributed by atoms with Gasteiger partial charge in [0.1, 0.15) is 0 Å². The van der Waals surface area contributed by atoms with Gasteiger partial charge in [0.05, 0.1) is 0 Å². The number of benzene rings is 3. The Labute approximate surface area is 245 Å². The number of hydroxylamine groups is 2. The number of allylic oxidation sites excluding steroid dienone is 1. The summed E-state index contributed by atoms with van der Waals surface area (Å²) in [7, 11) is -3.09. The molecule has 42 heavy (non-hydrogen) atoms. The number of aromatic nitrogens is 2. The van der Waals surface area contributed by atoms with Crippen LogP contribution in [0.15, 0.2) is 121 Å². The quantitative estimate of drug-likeness (QED) is 0.268. The van der Waals surface area contributed by atoms with Gasteiger partial charge in [-0.1, -0.05) is 0 Å². The van der Waals surface area contributed by atoms with Crippen LogP contribution in [0.4, 0.5) is 4.79 Å². The number of carbonyl (C=O) groups excluding carboxylic acids is 1. The molecule has 0 N–H and O–H groups in total. The van der Waals surface area contributed by atoms with Crippen molar-refractivity contribution in [1.29, 1.82) is 0 Å². The molecule has 2 aliphatic rings. The molecule has 6 rings (SSSR count). The predicted octanol–water partition coefficient (Wildman–Crippen LogP) is 4.09. The van der Waals surface area contributed by atoms with Crippen molar-refractivity contribution < 1.29 is 21.5 Å². The second-order valence-corrected chi connectivity index (χ2v) is 15.8. The summed E-state index contributed by atoms with van der Waals surface area (Å²) in [6, 6.07) is 28.6. The summed E-state index contributed by atoms with van der Waals surface area (Å²) in [5.41, 5.74) is 1.53. The molecule has 4 aromatic rings. The second kappa shape index (κ2) is 10.6. The minimum atomic E-state index is -4.89. The van der Waals surface area contributed by atoms with Gasteiger partial charge < -0.3 is 0 Å². The molecule has 2 aliphatic heterocycles. The summed E-state index contributed by atoms with van der Waals surface area (Å²) in [6.45, 7) is -1.98. The van der Waals surface area contributed by atoms with Crippen LogP contribution < -0.4 is 15.9 Å². The number of rotatable bonds is 9. The Kier molecular flexibility index (Phi) is 7.11. The Morgan fingerprint density at radius 3 is 1.90 bits per heavy atom. The Morgan fingerprint density at radius 1 is 0.881 bits per heavy atom. The van der Waals surface area contributed by atoms with E-state index >= 15 is 0 Å². The molecule has 11 heteroatoms. The van der Waals surface area contributed by atoms with E-state index in [1.54, 1.807) is 17.9 Å². The molecule has 9 nitrogen and oxygen atoms in total. The number of fused-ring (bicyclic) bond motifs is 2. The van der Waals surface area contributed by atoms with Crippen LogP contribution in [0.3, 0.4) is 0 Å². The molecule has 0 radical (unpaired) electrons. The molecule has 1 aromatic heterocycles. The van der Waals surface area contributed by atoms with Gasteiger partial charge in [0.25, 0.3) is 0 Å². The van der Waals surface area contributed by atoms with Gasteiger partial charge in [0.2, 0.25) is 0 Å². The Balaban J connectivity index is 1.52. The molecule has 2 amide bonds. The summed E-state index contributed by atoms with van der Waals surface area (Å²) >= 11 is 0. The number of aryl methyl sites for hydroxylation is 1. The third-order valence-electron chi connectivity index (χ3n) is 7.80. The fourth-order valence-electron chi connectivity index (χ4n) is 5.99. The number of carbonyl (C=O) groups is 1. The maximum atomic E-state index is 14.3. The van der Waals surface area contributed by atoms with Crippen LogP contribution in [0.25, 0.3) is 5.57 Å². The van der Waals surface area contributed by atoms with Crippen molar-refractivity contribution in [3.63, 3.8) is 0 Å². The van der Waals surface area contributed by atoms with Gasteiger partial charge in [-0.15, -0.1) is 0 Å². The zero-order valence-electron chi connectivity index (χ0n) is 23.2. The first kappa shape index (κ1) is 28.1. The van der Waals surface area contributed by atoms with Crippen LogP contribution in [0.5, 0.6) is 0 Å². The van der Waals surface area contributed by atoms with Gasteiger partial charge in [-0.05, 0) is 0 Å². The van der Waals surface area contributed by atoms with E-state index in [1.165, 1.54) is 4.90 Å². The summed E-state index contributed by atoms with van der Waals surface area (Å²) in [5.74, 6) is 1.85. The Morgan fingerprint density at radius 2 is 1.43 bits per heavy atom. The summed E-state index contributed by atoms with van der Waals surface area (Å²) in [5, 5.41) is 7.16. The van der Waals surface area contributed by atoms with E-state index in [-0.39, 0.29) is 6.54 Å². The third kappa shape index (κ3) is 4.39. The number of urea groups is 1. The molecule has 0 saturated carbocycles. The fraction of sp³-hybridized carbons (Fsp3) is 0.161. The van der Waals surface area contributed by atoms with E-state index in [0.29, 0.717) is 22.5 Å². The zero-order chi connectivity index (χ0) is 29.4. The van der Waals surface area contributed by atoms with Crippen molar-refractivity contribution >= 4 is 44.7 Å².